The van der Waals surface area contributed by atoms with Gasteiger partial charge in [-0.05, 0) is 55.7 Å². The van der Waals surface area contributed by atoms with Gasteiger partial charge in [-0.3, -0.25) is 4.79 Å². The first kappa shape index (κ1) is 17.1. The van der Waals surface area contributed by atoms with E-state index in [1.165, 1.54) is 6.07 Å². The van der Waals surface area contributed by atoms with Crippen molar-refractivity contribution in [2.45, 2.75) is 26.8 Å². The summed E-state index contributed by atoms with van der Waals surface area (Å²) in [6.45, 7) is 5.75. The molecule has 23 heavy (non-hydrogen) atoms. The number of carbonyl (C=O) groups is 1. The lowest BCUT2D eigenvalue weighted by molar-refractivity contribution is -0.115. The number of anilines is 1. The number of rotatable bonds is 5. The Morgan fingerprint density at radius 2 is 1.83 bits per heavy atom. The van der Waals surface area contributed by atoms with Crippen molar-refractivity contribution in [1.82, 2.24) is 5.32 Å². The largest absolute Gasteiger partial charge is 0.325 e. The summed E-state index contributed by atoms with van der Waals surface area (Å²) in [7, 11) is 0. The van der Waals surface area contributed by atoms with Crippen molar-refractivity contribution in [2.24, 2.45) is 0 Å². The Morgan fingerprint density at radius 1 is 1.09 bits per heavy atom. The van der Waals surface area contributed by atoms with Gasteiger partial charge in [0.1, 0.15) is 0 Å². The van der Waals surface area contributed by atoms with Crippen LogP contribution in [0.1, 0.15) is 29.7 Å². The van der Waals surface area contributed by atoms with Crippen molar-refractivity contribution >= 4 is 11.6 Å². The summed E-state index contributed by atoms with van der Waals surface area (Å²) in [5.41, 5.74) is 3.41. The molecule has 2 rings (SSSR count). The third-order valence-electron chi connectivity index (χ3n) is 3.68. The van der Waals surface area contributed by atoms with E-state index in [0.717, 1.165) is 28.9 Å². The molecule has 0 aliphatic carbocycles. The van der Waals surface area contributed by atoms with Crippen molar-refractivity contribution in [2.75, 3.05) is 11.9 Å². The lowest BCUT2D eigenvalue weighted by Gasteiger charge is -2.15. The number of hydrogen-bond acceptors (Lipinski definition) is 2. The Labute approximate surface area is 134 Å². The van der Waals surface area contributed by atoms with Gasteiger partial charge in [0.15, 0.2) is 11.6 Å². The van der Waals surface area contributed by atoms with Crippen LogP contribution in [-0.4, -0.2) is 12.5 Å². The van der Waals surface area contributed by atoms with E-state index < -0.39 is 11.6 Å². The molecule has 0 aliphatic rings. The van der Waals surface area contributed by atoms with Gasteiger partial charge in [-0.15, -0.1) is 0 Å². The molecule has 0 aliphatic heterocycles. The van der Waals surface area contributed by atoms with Crippen LogP contribution in [0.2, 0.25) is 0 Å². The highest BCUT2D eigenvalue weighted by atomic mass is 19.2. The summed E-state index contributed by atoms with van der Waals surface area (Å²) in [4.78, 5) is 12.0. The fourth-order valence-corrected chi connectivity index (χ4v) is 2.21. The molecule has 5 heteroatoms. The third-order valence-corrected chi connectivity index (χ3v) is 3.68. The molecule has 2 aromatic rings. The SMILES string of the molecule is Cc1ccc(C)c(NC(=O)CN[C@@H](C)c2ccc(F)c(F)c2)c1. The zero-order chi connectivity index (χ0) is 17.0. The van der Waals surface area contributed by atoms with Crippen LogP contribution in [0.3, 0.4) is 0 Å². The van der Waals surface area contributed by atoms with Crippen LogP contribution in [0.25, 0.3) is 0 Å². The monoisotopic (exact) mass is 318 g/mol. The van der Waals surface area contributed by atoms with Gasteiger partial charge >= 0.3 is 0 Å². The van der Waals surface area contributed by atoms with E-state index >= 15 is 0 Å². The van der Waals surface area contributed by atoms with E-state index in [-0.39, 0.29) is 18.5 Å². The molecule has 0 aromatic heterocycles. The first-order chi connectivity index (χ1) is 10.9. The van der Waals surface area contributed by atoms with E-state index in [0.29, 0.717) is 5.56 Å². The van der Waals surface area contributed by atoms with Crippen molar-refractivity contribution in [3.8, 4) is 0 Å². The maximum absolute atomic E-state index is 13.2. The first-order valence-corrected chi connectivity index (χ1v) is 7.42. The molecule has 122 valence electrons. The third kappa shape index (κ3) is 4.60. The molecule has 0 heterocycles. The Balaban J connectivity index is 1.93. The molecule has 1 amide bonds. The molecule has 3 nitrogen and oxygen atoms in total. The summed E-state index contributed by atoms with van der Waals surface area (Å²) < 4.78 is 26.2. The molecule has 0 saturated heterocycles. The van der Waals surface area contributed by atoms with Crippen LogP contribution in [0, 0.1) is 25.5 Å². The molecule has 0 saturated carbocycles. The summed E-state index contributed by atoms with van der Waals surface area (Å²) in [6, 6.07) is 9.28. The summed E-state index contributed by atoms with van der Waals surface area (Å²) >= 11 is 0. The molecule has 0 spiro atoms. The fraction of sp³-hybridized carbons (Fsp3) is 0.278. The highest BCUT2D eigenvalue weighted by Crippen LogP contribution is 2.17. The lowest BCUT2D eigenvalue weighted by Crippen LogP contribution is -2.30. The Bertz CT molecular complexity index is 716. The Kier molecular flexibility index (Phi) is 5.45. The normalized spacial score (nSPS) is 12.0. The molecule has 0 radical (unpaired) electrons. The second-order valence-corrected chi connectivity index (χ2v) is 5.64. The minimum absolute atomic E-state index is 0.0769. The van der Waals surface area contributed by atoms with Gasteiger partial charge in [0.25, 0.3) is 0 Å². The van der Waals surface area contributed by atoms with Crippen molar-refractivity contribution in [3.63, 3.8) is 0 Å². The van der Waals surface area contributed by atoms with Gasteiger partial charge < -0.3 is 10.6 Å². The standard InChI is InChI=1S/C18H20F2N2O/c1-11-4-5-12(2)17(8-11)22-18(23)10-21-13(3)14-6-7-15(19)16(20)9-14/h4-9,13,21H,10H2,1-3H3,(H,22,23)/t13-/m0/s1. The van der Waals surface area contributed by atoms with Crippen LogP contribution >= 0.6 is 0 Å². The average Bonchev–Trinajstić information content (AvgIpc) is 2.51. The topological polar surface area (TPSA) is 41.1 Å². The molecule has 2 N–H and O–H groups in total. The number of carbonyl (C=O) groups excluding carboxylic acids is 1. The zero-order valence-electron chi connectivity index (χ0n) is 13.4. The van der Waals surface area contributed by atoms with Gasteiger partial charge in [-0.1, -0.05) is 18.2 Å². The van der Waals surface area contributed by atoms with Gasteiger partial charge in [0.2, 0.25) is 5.91 Å². The van der Waals surface area contributed by atoms with E-state index in [1.54, 1.807) is 6.92 Å². The Hall–Kier alpha value is -2.27. The maximum Gasteiger partial charge on any atom is 0.238 e. The second-order valence-electron chi connectivity index (χ2n) is 5.64. The maximum atomic E-state index is 13.2. The van der Waals surface area contributed by atoms with Crippen LogP contribution < -0.4 is 10.6 Å². The number of aryl methyl sites for hydroxylation is 2. The lowest BCUT2D eigenvalue weighted by atomic mass is 10.1. The van der Waals surface area contributed by atoms with Gasteiger partial charge in [0.05, 0.1) is 6.54 Å². The molecule has 1 atom stereocenters. The van der Waals surface area contributed by atoms with Crippen LogP contribution in [-0.2, 0) is 4.79 Å². The number of amides is 1. The quantitative estimate of drug-likeness (QED) is 0.878. The van der Waals surface area contributed by atoms with Crippen LogP contribution in [0.4, 0.5) is 14.5 Å². The van der Waals surface area contributed by atoms with Gasteiger partial charge in [-0.2, -0.15) is 0 Å². The number of nitrogens with one attached hydrogen (secondary N) is 2. The molecular weight excluding hydrogens is 298 g/mol. The smallest absolute Gasteiger partial charge is 0.238 e. The fourth-order valence-electron chi connectivity index (χ4n) is 2.21. The van der Waals surface area contributed by atoms with E-state index in [2.05, 4.69) is 10.6 Å². The number of halogens is 2. The van der Waals surface area contributed by atoms with E-state index in [9.17, 15) is 13.6 Å². The van der Waals surface area contributed by atoms with Crippen molar-refractivity contribution in [3.05, 3.63) is 64.7 Å². The van der Waals surface area contributed by atoms with E-state index in [1.807, 2.05) is 32.0 Å². The van der Waals surface area contributed by atoms with Crippen molar-refractivity contribution in [1.29, 1.82) is 0 Å². The molecular formula is C18H20F2N2O. The predicted molar refractivity (Wildman–Crippen MR) is 87.3 cm³/mol. The second kappa shape index (κ2) is 7.33. The van der Waals surface area contributed by atoms with Crippen LogP contribution in [0.5, 0.6) is 0 Å². The predicted octanol–water partition coefficient (Wildman–Crippen LogP) is 3.87. The highest BCUT2D eigenvalue weighted by Gasteiger charge is 2.11. The van der Waals surface area contributed by atoms with E-state index in [4.69, 9.17) is 0 Å². The molecule has 0 fully saturated rings. The van der Waals surface area contributed by atoms with Gasteiger partial charge in [-0.25, -0.2) is 8.78 Å². The minimum Gasteiger partial charge on any atom is -0.325 e. The summed E-state index contributed by atoms with van der Waals surface area (Å²) in [6.07, 6.45) is 0. The summed E-state index contributed by atoms with van der Waals surface area (Å²) in [5, 5.41) is 5.84. The molecule has 2 aromatic carbocycles. The minimum atomic E-state index is -0.893. The van der Waals surface area contributed by atoms with Crippen LogP contribution in [0.15, 0.2) is 36.4 Å². The average molecular weight is 318 g/mol. The highest BCUT2D eigenvalue weighted by molar-refractivity contribution is 5.93. The van der Waals surface area contributed by atoms with Crippen molar-refractivity contribution < 1.29 is 13.6 Å². The summed E-state index contributed by atoms with van der Waals surface area (Å²) in [5.74, 6) is -1.96. The number of benzene rings is 2. The molecule has 0 unspecified atom stereocenters. The zero-order valence-corrected chi connectivity index (χ0v) is 13.4. The Morgan fingerprint density at radius 3 is 2.52 bits per heavy atom. The first-order valence-electron chi connectivity index (χ1n) is 7.42. The number of hydrogen-bond donors (Lipinski definition) is 2. The molecule has 0 bridgehead atoms. The van der Waals surface area contributed by atoms with Gasteiger partial charge in [0, 0.05) is 11.7 Å².